The second kappa shape index (κ2) is 7.00. The molecule has 3 heteroatoms. The van der Waals surface area contributed by atoms with Gasteiger partial charge in [0.2, 0.25) is 5.91 Å². The zero-order valence-corrected chi connectivity index (χ0v) is 11.6. The Bertz CT molecular complexity index is 232. The van der Waals surface area contributed by atoms with Crippen molar-refractivity contribution in [3.8, 4) is 0 Å². The lowest BCUT2D eigenvalue weighted by Crippen LogP contribution is -2.29. The number of hydrogen-bond acceptors (Lipinski definition) is 2. The van der Waals surface area contributed by atoms with Crippen molar-refractivity contribution in [3.05, 3.63) is 0 Å². The molecule has 0 saturated carbocycles. The highest BCUT2D eigenvalue weighted by atomic mass is 16.2. The van der Waals surface area contributed by atoms with Crippen LogP contribution in [0.15, 0.2) is 0 Å². The normalized spacial score (nSPS) is 26.2. The first-order chi connectivity index (χ1) is 8.08. The molecule has 1 aliphatic rings. The Morgan fingerprint density at radius 2 is 1.88 bits per heavy atom. The standard InChI is InChI=1S/C14H28N2O/c1-4-13(7-8-15)5-6-14(17)16-9-11(2)12(3)10-16/h11-13H,4-10,15H2,1-3H3. The molecule has 0 aliphatic carbocycles. The molecular formula is C14H28N2O. The van der Waals surface area contributed by atoms with Crippen LogP contribution in [0.25, 0.3) is 0 Å². The Morgan fingerprint density at radius 1 is 1.29 bits per heavy atom. The molecular weight excluding hydrogens is 212 g/mol. The van der Waals surface area contributed by atoms with Crippen LogP contribution in [0.3, 0.4) is 0 Å². The van der Waals surface area contributed by atoms with Gasteiger partial charge < -0.3 is 10.6 Å². The van der Waals surface area contributed by atoms with Crippen molar-refractivity contribution in [1.29, 1.82) is 0 Å². The molecule has 17 heavy (non-hydrogen) atoms. The maximum absolute atomic E-state index is 12.1. The van der Waals surface area contributed by atoms with Crippen molar-refractivity contribution >= 4 is 5.91 Å². The van der Waals surface area contributed by atoms with Gasteiger partial charge in [0.15, 0.2) is 0 Å². The molecule has 1 saturated heterocycles. The van der Waals surface area contributed by atoms with E-state index in [0.717, 1.165) is 38.9 Å². The van der Waals surface area contributed by atoms with Crippen LogP contribution in [0.5, 0.6) is 0 Å². The van der Waals surface area contributed by atoms with E-state index in [1.165, 1.54) is 0 Å². The largest absolute Gasteiger partial charge is 0.342 e. The van der Waals surface area contributed by atoms with E-state index in [1.54, 1.807) is 0 Å². The molecule has 2 N–H and O–H groups in total. The Morgan fingerprint density at radius 3 is 2.35 bits per heavy atom. The third kappa shape index (κ3) is 4.30. The molecule has 0 radical (unpaired) electrons. The molecule has 3 atom stereocenters. The first-order valence-corrected chi connectivity index (χ1v) is 7.06. The predicted octanol–water partition coefficient (Wildman–Crippen LogP) is 2.26. The maximum atomic E-state index is 12.1. The van der Waals surface area contributed by atoms with E-state index in [-0.39, 0.29) is 0 Å². The average Bonchev–Trinajstić information content (AvgIpc) is 2.64. The SMILES string of the molecule is CCC(CCN)CCC(=O)N1CC(C)C(C)C1. The van der Waals surface area contributed by atoms with Crippen LogP contribution in [0.1, 0.15) is 46.5 Å². The number of hydrogen-bond donors (Lipinski definition) is 1. The minimum absolute atomic E-state index is 0.344. The van der Waals surface area contributed by atoms with Crippen LogP contribution in [-0.4, -0.2) is 30.4 Å². The maximum Gasteiger partial charge on any atom is 0.222 e. The van der Waals surface area contributed by atoms with Gasteiger partial charge in [-0.1, -0.05) is 27.2 Å². The van der Waals surface area contributed by atoms with Gasteiger partial charge in [-0.15, -0.1) is 0 Å². The quantitative estimate of drug-likeness (QED) is 0.774. The van der Waals surface area contributed by atoms with Crippen LogP contribution >= 0.6 is 0 Å². The Hall–Kier alpha value is -0.570. The number of carbonyl (C=O) groups excluding carboxylic acids is 1. The van der Waals surface area contributed by atoms with E-state index in [9.17, 15) is 4.79 Å². The predicted molar refractivity (Wildman–Crippen MR) is 71.6 cm³/mol. The molecule has 0 bridgehead atoms. The second-order valence-corrected chi connectivity index (χ2v) is 5.64. The lowest BCUT2D eigenvalue weighted by atomic mass is 9.96. The summed E-state index contributed by atoms with van der Waals surface area (Å²) in [5, 5.41) is 0. The van der Waals surface area contributed by atoms with E-state index in [2.05, 4.69) is 20.8 Å². The molecule has 1 rings (SSSR count). The molecule has 3 nitrogen and oxygen atoms in total. The highest BCUT2D eigenvalue weighted by Gasteiger charge is 2.29. The summed E-state index contributed by atoms with van der Waals surface area (Å²) in [7, 11) is 0. The smallest absolute Gasteiger partial charge is 0.222 e. The summed E-state index contributed by atoms with van der Waals surface area (Å²) >= 11 is 0. The van der Waals surface area contributed by atoms with Gasteiger partial charge in [-0.05, 0) is 37.1 Å². The highest BCUT2D eigenvalue weighted by molar-refractivity contribution is 5.76. The molecule has 1 fully saturated rings. The fraction of sp³-hybridized carbons (Fsp3) is 0.929. The third-order valence-corrected chi connectivity index (χ3v) is 4.26. The minimum Gasteiger partial charge on any atom is -0.342 e. The fourth-order valence-electron chi connectivity index (χ4n) is 2.61. The van der Waals surface area contributed by atoms with E-state index >= 15 is 0 Å². The van der Waals surface area contributed by atoms with Crippen LogP contribution in [0.2, 0.25) is 0 Å². The first-order valence-electron chi connectivity index (χ1n) is 7.06. The van der Waals surface area contributed by atoms with Gasteiger partial charge in [0.05, 0.1) is 0 Å². The molecule has 0 spiro atoms. The summed E-state index contributed by atoms with van der Waals surface area (Å²) in [5.41, 5.74) is 5.57. The zero-order chi connectivity index (χ0) is 12.8. The topological polar surface area (TPSA) is 46.3 Å². The third-order valence-electron chi connectivity index (χ3n) is 4.26. The lowest BCUT2D eigenvalue weighted by molar-refractivity contribution is -0.130. The van der Waals surface area contributed by atoms with Crippen LogP contribution in [0, 0.1) is 17.8 Å². The van der Waals surface area contributed by atoms with Crippen molar-refractivity contribution in [2.45, 2.75) is 46.5 Å². The molecule has 0 aromatic heterocycles. The summed E-state index contributed by atoms with van der Waals surface area (Å²) in [5.74, 6) is 2.29. The fourth-order valence-corrected chi connectivity index (χ4v) is 2.61. The molecule has 1 aliphatic heterocycles. The number of likely N-dealkylation sites (tertiary alicyclic amines) is 1. The van der Waals surface area contributed by atoms with Gasteiger partial charge >= 0.3 is 0 Å². The zero-order valence-electron chi connectivity index (χ0n) is 11.6. The molecule has 1 amide bonds. The van der Waals surface area contributed by atoms with Crippen molar-refractivity contribution in [2.75, 3.05) is 19.6 Å². The Balaban J connectivity index is 2.30. The van der Waals surface area contributed by atoms with Crippen molar-refractivity contribution < 1.29 is 4.79 Å². The summed E-state index contributed by atoms with van der Waals surface area (Å²) in [6, 6.07) is 0. The monoisotopic (exact) mass is 240 g/mol. The van der Waals surface area contributed by atoms with E-state index in [1.807, 2.05) is 4.90 Å². The van der Waals surface area contributed by atoms with Gasteiger partial charge in [0.25, 0.3) is 0 Å². The van der Waals surface area contributed by atoms with E-state index < -0.39 is 0 Å². The number of amides is 1. The number of nitrogens with zero attached hydrogens (tertiary/aromatic N) is 1. The van der Waals surface area contributed by atoms with Gasteiger partial charge in [-0.2, -0.15) is 0 Å². The number of rotatable bonds is 6. The summed E-state index contributed by atoms with van der Waals surface area (Å²) < 4.78 is 0. The van der Waals surface area contributed by atoms with Crippen LogP contribution in [-0.2, 0) is 4.79 Å². The first kappa shape index (κ1) is 14.5. The van der Waals surface area contributed by atoms with Gasteiger partial charge in [0, 0.05) is 19.5 Å². The van der Waals surface area contributed by atoms with Crippen molar-refractivity contribution in [1.82, 2.24) is 4.90 Å². The molecule has 3 unspecified atom stereocenters. The van der Waals surface area contributed by atoms with Gasteiger partial charge in [0.1, 0.15) is 0 Å². The summed E-state index contributed by atoms with van der Waals surface area (Å²) in [6.07, 6.45) is 3.90. The Labute approximate surface area is 106 Å². The molecule has 0 aromatic carbocycles. The minimum atomic E-state index is 0.344. The van der Waals surface area contributed by atoms with Gasteiger partial charge in [-0.25, -0.2) is 0 Å². The van der Waals surface area contributed by atoms with E-state index in [4.69, 9.17) is 5.73 Å². The summed E-state index contributed by atoms with van der Waals surface area (Å²) in [6.45, 7) is 9.30. The summed E-state index contributed by atoms with van der Waals surface area (Å²) in [4.78, 5) is 14.1. The lowest BCUT2D eigenvalue weighted by Gasteiger charge is -2.18. The van der Waals surface area contributed by atoms with Crippen LogP contribution < -0.4 is 5.73 Å². The molecule has 0 aromatic rings. The number of carbonyl (C=O) groups is 1. The number of nitrogens with two attached hydrogens (primary N) is 1. The van der Waals surface area contributed by atoms with E-state index in [0.29, 0.717) is 30.1 Å². The highest BCUT2D eigenvalue weighted by Crippen LogP contribution is 2.24. The molecule has 1 heterocycles. The van der Waals surface area contributed by atoms with Gasteiger partial charge in [-0.3, -0.25) is 4.79 Å². The van der Waals surface area contributed by atoms with Crippen LogP contribution in [0.4, 0.5) is 0 Å². The average molecular weight is 240 g/mol. The second-order valence-electron chi connectivity index (χ2n) is 5.64. The van der Waals surface area contributed by atoms with Crippen molar-refractivity contribution in [2.24, 2.45) is 23.5 Å². The molecule has 100 valence electrons. The Kier molecular flexibility index (Phi) is 5.96. The van der Waals surface area contributed by atoms with Crippen molar-refractivity contribution in [3.63, 3.8) is 0 Å².